The van der Waals surface area contributed by atoms with Crippen molar-refractivity contribution in [3.05, 3.63) is 24.1 Å². The average Bonchev–Trinajstić information content (AvgIpc) is 3.19. The van der Waals surface area contributed by atoms with Crippen molar-refractivity contribution in [2.24, 2.45) is 16.8 Å². The quantitative estimate of drug-likeness (QED) is 0.305. The lowest BCUT2D eigenvalue weighted by Gasteiger charge is -2.16. The number of rotatable bonds is 5. The summed E-state index contributed by atoms with van der Waals surface area (Å²) in [7, 11) is -4.16. The second-order valence-electron chi connectivity index (χ2n) is 4.25. The minimum Gasteiger partial charge on any atom is -0.409 e. The number of pyridine rings is 1. The summed E-state index contributed by atoms with van der Waals surface area (Å²) in [6.07, 6.45) is 2.69. The molecule has 1 aromatic heterocycles. The van der Waals surface area contributed by atoms with Gasteiger partial charge in [0, 0.05) is 6.20 Å². The van der Waals surface area contributed by atoms with Gasteiger partial charge in [0.15, 0.2) is 11.7 Å². The summed E-state index contributed by atoms with van der Waals surface area (Å²) in [6.45, 7) is 0. The maximum Gasteiger partial charge on any atom is 0.261 e. The summed E-state index contributed by atoms with van der Waals surface area (Å²) in [4.78, 5) is 3.50. The monoisotopic (exact) mass is 288 g/mol. The Balaban J connectivity index is 2.28. The summed E-state index contributed by atoms with van der Waals surface area (Å²) >= 11 is 0. The molecule has 0 bridgehead atoms. The number of aromatic nitrogens is 1. The first kappa shape index (κ1) is 13.7. The highest BCUT2D eigenvalue weighted by Gasteiger charge is 2.38. The normalized spacial score (nSPS) is 18.3. The van der Waals surface area contributed by atoms with Crippen LogP contribution in [-0.4, -0.2) is 30.5 Å². The maximum atomic E-state index is 13.4. The van der Waals surface area contributed by atoms with Gasteiger partial charge < -0.3 is 10.9 Å². The second-order valence-corrected chi connectivity index (χ2v) is 5.88. The molecule has 0 spiro atoms. The van der Waals surface area contributed by atoms with Gasteiger partial charge in [0.2, 0.25) is 5.03 Å². The molecular weight excluding hydrogens is 275 g/mol. The summed E-state index contributed by atoms with van der Waals surface area (Å²) < 4.78 is 39.7. The molecule has 9 heteroatoms. The topological polar surface area (TPSA) is 118 Å². The van der Waals surface area contributed by atoms with Gasteiger partial charge in [0.1, 0.15) is 0 Å². The number of hydrogen-bond donors (Lipinski definition) is 3. The fourth-order valence-electron chi connectivity index (χ4n) is 1.68. The first-order valence-corrected chi connectivity index (χ1v) is 7.04. The van der Waals surface area contributed by atoms with Crippen molar-refractivity contribution >= 4 is 15.9 Å². The highest BCUT2D eigenvalue weighted by molar-refractivity contribution is 7.89. The lowest BCUT2D eigenvalue weighted by Crippen LogP contribution is -2.46. The van der Waals surface area contributed by atoms with Gasteiger partial charge in [0.25, 0.3) is 10.0 Å². The first-order valence-electron chi connectivity index (χ1n) is 5.56. The van der Waals surface area contributed by atoms with Gasteiger partial charge in [-0.05, 0) is 30.9 Å². The van der Waals surface area contributed by atoms with Crippen LogP contribution in [0.4, 0.5) is 4.39 Å². The van der Waals surface area contributed by atoms with E-state index < -0.39 is 26.9 Å². The molecule has 1 unspecified atom stereocenters. The molecule has 0 aliphatic heterocycles. The molecular formula is C10H13FN4O3S. The second kappa shape index (κ2) is 5.10. The summed E-state index contributed by atoms with van der Waals surface area (Å²) in [5.74, 6) is -1.25. The number of oxime groups is 1. The molecule has 2 rings (SSSR count). The molecule has 4 N–H and O–H groups in total. The van der Waals surface area contributed by atoms with E-state index in [0.717, 1.165) is 18.9 Å². The van der Waals surface area contributed by atoms with Crippen molar-refractivity contribution in [3.8, 4) is 0 Å². The molecule has 0 saturated heterocycles. The van der Waals surface area contributed by atoms with E-state index in [2.05, 4.69) is 14.9 Å². The zero-order valence-corrected chi connectivity index (χ0v) is 10.6. The largest absolute Gasteiger partial charge is 0.409 e. The third-order valence-electron chi connectivity index (χ3n) is 2.79. The van der Waals surface area contributed by atoms with Gasteiger partial charge in [-0.1, -0.05) is 5.16 Å². The third-order valence-corrected chi connectivity index (χ3v) is 4.16. The predicted octanol–water partition coefficient (Wildman–Crippen LogP) is 0.0240. The highest BCUT2D eigenvalue weighted by Crippen LogP contribution is 2.33. The number of nitrogens with zero attached hydrogens (tertiary/aromatic N) is 2. The fourth-order valence-corrected chi connectivity index (χ4v) is 2.97. The lowest BCUT2D eigenvalue weighted by molar-refractivity contribution is 0.314. The van der Waals surface area contributed by atoms with E-state index in [1.807, 2.05) is 0 Å². The van der Waals surface area contributed by atoms with Crippen LogP contribution in [0.3, 0.4) is 0 Å². The van der Waals surface area contributed by atoms with Crippen LogP contribution in [-0.2, 0) is 10.0 Å². The van der Waals surface area contributed by atoms with E-state index in [9.17, 15) is 12.8 Å². The van der Waals surface area contributed by atoms with E-state index in [1.165, 1.54) is 12.3 Å². The Kier molecular flexibility index (Phi) is 3.67. The van der Waals surface area contributed by atoms with Gasteiger partial charge in [-0.3, -0.25) is 0 Å². The molecule has 104 valence electrons. The molecule has 1 aromatic rings. The Morgan fingerprint density at radius 2 is 2.32 bits per heavy atom. The van der Waals surface area contributed by atoms with Crippen molar-refractivity contribution < 1.29 is 18.0 Å². The van der Waals surface area contributed by atoms with Gasteiger partial charge in [-0.25, -0.2) is 17.8 Å². The minimum absolute atomic E-state index is 0.0440. The maximum absolute atomic E-state index is 13.4. The lowest BCUT2D eigenvalue weighted by atomic mass is 10.2. The van der Waals surface area contributed by atoms with Crippen LogP contribution in [0, 0.1) is 11.7 Å². The van der Waals surface area contributed by atoms with Crippen molar-refractivity contribution in [1.82, 2.24) is 9.71 Å². The Morgan fingerprint density at radius 1 is 1.63 bits per heavy atom. The standard InChI is InChI=1S/C10H13FN4O3S/c11-7-2-1-5-13-10(7)19(17,18)15-8(6-3-4-6)9(12)14-16/h1-2,5-6,8,15-16H,3-4H2,(H2,12,14). The van der Waals surface area contributed by atoms with Crippen LogP contribution in [0.25, 0.3) is 0 Å². The Labute approximate surface area is 109 Å². The highest BCUT2D eigenvalue weighted by atomic mass is 32.2. The first-order chi connectivity index (χ1) is 8.95. The zero-order chi connectivity index (χ0) is 14.0. The van der Waals surface area contributed by atoms with Crippen molar-refractivity contribution in [2.75, 3.05) is 0 Å². The minimum atomic E-state index is -4.16. The van der Waals surface area contributed by atoms with E-state index in [-0.39, 0.29) is 11.8 Å². The third kappa shape index (κ3) is 2.99. The Morgan fingerprint density at radius 3 is 2.84 bits per heavy atom. The molecule has 1 fully saturated rings. The van der Waals surface area contributed by atoms with Gasteiger partial charge >= 0.3 is 0 Å². The summed E-state index contributed by atoms with van der Waals surface area (Å²) in [5.41, 5.74) is 5.44. The van der Waals surface area contributed by atoms with E-state index in [4.69, 9.17) is 10.9 Å². The number of halogens is 1. The van der Waals surface area contributed by atoms with Crippen LogP contribution >= 0.6 is 0 Å². The van der Waals surface area contributed by atoms with Gasteiger partial charge in [-0.2, -0.15) is 4.72 Å². The molecule has 1 aliphatic carbocycles. The van der Waals surface area contributed by atoms with Gasteiger partial charge in [-0.15, -0.1) is 0 Å². The molecule has 1 heterocycles. The number of sulfonamides is 1. The number of nitrogens with two attached hydrogens (primary N) is 1. The van der Waals surface area contributed by atoms with Crippen LogP contribution in [0.5, 0.6) is 0 Å². The molecule has 0 aromatic carbocycles. The molecule has 19 heavy (non-hydrogen) atoms. The fraction of sp³-hybridized carbons (Fsp3) is 0.400. The molecule has 0 amide bonds. The molecule has 1 aliphatic rings. The molecule has 1 saturated carbocycles. The van der Waals surface area contributed by atoms with E-state index in [1.54, 1.807) is 0 Å². The smallest absolute Gasteiger partial charge is 0.261 e. The predicted molar refractivity (Wildman–Crippen MR) is 64.4 cm³/mol. The summed E-state index contributed by atoms with van der Waals surface area (Å²) in [6, 6.07) is 1.43. The number of amidine groups is 1. The van der Waals surface area contributed by atoms with Crippen LogP contribution < -0.4 is 10.5 Å². The van der Waals surface area contributed by atoms with Crippen LogP contribution in [0.2, 0.25) is 0 Å². The van der Waals surface area contributed by atoms with Crippen LogP contribution in [0.15, 0.2) is 28.5 Å². The zero-order valence-electron chi connectivity index (χ0n) is 9.82. The van der Waals surface area contributed by atoms with Crippen molar-refractivity contribution in [3.63, 3.8) is 0 Å². The molecule has 0 radical (unpaired) electrons. The van der Waals surface area contributed by atoms with Crippen LogP contribution in [0.1, 0.15) is 12.8 Å². The van der Waals surface area contributed by atoms with Gasteiger partial charge in [0.05, 0.1) is 6.04 Å². The van der Waals surface area contributed by atoms with E-state index in [0.29, 0.717) is 0 Å². The SMILES string of the molecule is N/C(=N/O)C(NS(=O)(=O)c1ncccc1F)C1CC1. The van der Waals surface area contributed by atoms with Crippen molar-refractivity contribution in [2.45, 2.75) is 23.9 Å². The van der Waals surface area contributed by atoms with E-state index >= 15 is 0 Å². The Hall–Kier alpha value is -1.74. The number of nitrogens with one attached hydrogen (secondary N) is 1. The molecule has 1 atom stereocenters. The Bertz CT molecular complexity index is 601. The average molecular weight is 288 g/mol. The van der Waals surface area contributed by atoms with Crippen molar-refractivity contribution in [1.29, 1.82) is 0 Å². The molecule has 7 nitrogen and oxygen atoms in total. The number of hydrogen-bond acceptors (Lipinski definition) is 5. The summed E-state index contributed by atoms with van der Waals surface area (Å²) in [5, 5.41) is 10.7.